The summed E-state index contributed by atoms with van der Waals surface area (Å²) in [5.74, 6) is 0.156. The summed E-state index contributed by atoms with van der Waals surface area (Å²) in [6, 6.07) is 4.93. The maximum atomic E-state index is 11.5. The zero-order valence-electron chi connectivity index (χ0n) is 8.70. The quantitative estimate of drug-likeness (QED) is 0.725. The van der Waals surface area contributed by atoms with E-state index in [4.69, 9.17) is 4.42 Å². The summed E-state index contributed by atoms with van der Waals surface area (Å²) in [4.78, 5) is 11.5. The minimum atomic E-state index is -0.312. The monoisotopic (exact) mass is 204 g/mol. The molecule has 78 valence electrons. The summed E-state index contributed by atoms with van der Waals surface area (Å²) in [5, 5.41) is 10.3. The average molecular weight is 204 g/mol. The summed E-state index contributed by atoms with van der Waals surface area (Å²) in [7, 11) is 0. The number of phenols is 1. The van der Waals surface area contributed by atoms with Crippen LogP contribution in [0.2, 0.25) is 0 Å². The molecule has 1 aromatic heterocycles. The predicted octanol–water partition coefficient (Wildman–Crippen LogP) is 2.37. The number of phenolic OH excluding ortho intramolecular Hbond substituents is 1. The Morgan fingerprint density at radius 1 is 1.40 bits per heavy atom. The standard InChI is InChI=1S/C12H12O3/c1-3-8-7(2)11-9(13)5-4-6-10(11)15-12(8)14/h4-6,13H,3H2,1-2H3. The molecule has 1 N–H and O–H groups in total. The van der Waals surface area contributed by atoms with Crippen LogP contribution >= 0.6 is 0 Å². The largest absolute Gasteiger partial charge is 0.507 e. The minimum absolute atomic E-state index is 0.156. The van der Waals surface area contributed by atoms with Crippen LogP contribution in [-0.2, 0) is 6.42 Å². The third kappa shape index (κ3) is 1.40. The van der Waals surface area contributed by atoms with E-state index >= 15 is 0 Å². The van der Waals surface area contributed by atoms with Crippen molar-refractivity contribution in [1.29, 1.82) is 0 Å². The highest BCUT2D eigenvalue weighted by atomic mass is 16.4. The van der Waals surface area contributed by atoms with Crippen LogP contribution in [0, 0.1) is 6.92 Å². The first-order valence-corrected chi connectivity index (χ1v) is 4.89. The molecule has 3 heteroatoms. The van der Waals surface area contributed by atoms with E-state index in [0.717, 1.165) is 5.56 Å². The van der Waals surface area contributed by atoms with Gasteiger partial charge in [-0.2, -0.15) is 0 Å². The van der Waals surface area contributed by atoms with Crippen molar-refractivity contribution in [3.63, 3.8) is 0 Å². The number of benzene rings is 1. The van der Waals surface area contributed by atoms with E-state index in [1.54, 1.807) is 18.2 Å². The fourth-order valence-electron chi connectivity index (χ4n) is 1.86. The van der Waals surface area contributed by atoms with Crippen molar-refractivity contribution >= 4 is 11.0 Å². The molecular weight excluding hydrogens is 192 g/mol. The van der Waals surface area contributed by atoms with Crippen LogP contribution in [0.3, 0.4) is 0 Å². The highest BCUT2D eigenvalue weighted by Crippen LogP contribution is 2.27. The normalized spacial score (nSPS) is 10.8. The molecule has 0 aliphatic carbocycles. The number of hydrogen-bond donors (Lipinski definition) is 1. The minimum Gasteiger partial charge on any atom is -0.507 e. The first-order chi connectivity index (χ1) is 7.15. The van der Waals surface area contributed by atoms with Gasteiger partial charge in [0.25, 0.3) is 0 Å². The van der Waals surface area contributed by atoms with E-state index < -0.39 is 0 Å². The van der Waals surface area contributed by atoms with Gasteiger partial charge in [-0.3, -0.25) is 0 Å². The third-order valence-electron chi connectivity index (χ3n) is 2.63. The Hall–Kier alpha value is -1.77. The Morgan fingerprint density at radius 3 is 2.80 bits per heavy atom. The van der Waals surface area contributed by atoms with Crippen LogP contribution in [0.5, 0.6) is 5.75 Å². The molecule has 0 unspecified atom stereocenters. The van der Waals surface area contributed by atoms with Crippen LogP contribution in [0.4, 0.5) is 0 Å². The van der Waals surface area contributed by atoms with Crippen LogP contribution in [0.1, 0.15) is 18.1 Å². The van der Waals surface area contributed by atoms with Gasteiger partial charge in [0.1, 0.15) is 11.3 Å². The van der Waals surface area contributed by atoms with Gasteiger partial charge in [0.15, 0.2) is 0 Å². The van der Waals surface area contributed by atoms with Crippen molar-refractivity contribution in [3.8, 4) is 5.75 Å². The molecule has 2 rings (SSSR count). The highest BCUT2D eigenvalue weighted by Gasteiger charge is 2.11. The second kappa shape index (κ2) is 3.42. The Bertz CT molecular complexity index is 567. The molecule has 1 heterocycles. The van der Waals surface area contributed by atoms with Crippen LogP contribution in [-0.4, -0.2) is 5.11 Å². The third-order valence-corrected chi connectivity index (χ3v) is 2.63. The van der Waals surface area contributed by atoms with Crippen molar-refractivity contribution < 1.29 is 9.52 Å². The highest BCUT2D eigenvalue weighted by molar-refractivity contribution is 5.87. The fourth-order valence-corrected chi connectivity index (χ4v) is 1.86. The maximum Gasteiger partial charge on any atom is 0.339 e. The summed E-state index contributed by atoms with van der Waals surface area (Å²) in [6.45, 7) is 3.73. The van der Waals surface area contributed by atoms with Crippen molar-refractivity contribution in [3.05, 3.63) is 39.7 Å². The van der Waals surface area contributed by atoms with Gasteiger partial charge < -0.3 is 9.52 Å². The van der Waals surface area contributed by atoms with Crippen LogP contribution < -0.4 is 5.63 Å². The van der Waals surface area contributed by atoms with Gasteiger partial charge in [0, 0.05) is 5.56 Å². The molecule has 0 spiro atoms. The Morgan fingerprint density at radius 2 is 2.13 bits per heavy atom. The van der Waals surface area contributed by atoms with Gasteiger partial charge in [-0.05, 0) is 31.0 Å². The van der Waals surface area contributed by atoms with Gasteiger partial charge in [-0.25, -0.2) is 4.79 Å². The lowest BCUT2D eigenvalue weighted by Gasteiger charge is -2.06. The molecule has 0 saturated heterocycles. The molecular formula is C12H12O3. The van der Waals surface area contributed by atoms with E-state index in [-0.39, 0.29) is 11.4 Å². The molecule has 0 aliphatic rings. The zero-order chi connectivity index (χ0) is 11.0. The van der Waals surface area contributed by atoms with E-state index in [2.05, 4.69) is 0 Å². The second-order valence-electron chi connectivity index (χ2n) is 3.50. The number of rotatable bonds is 1. The molecule has 0 saturated carbocycles. The SMILES string of the molecule is CCc1c(C)c2c(O)cccc2oc1=O. The summed E-state index contributed by atoms with van der Waals surface area (Å²) < 4.78 is 5.13. The first-order valence-electron chi connectivity index (χ1n) is 4.89. The van der Waals surface area contributed by atoms with Crippen LogP contribution in [0.25, 0.3) is 11.0 Å². The van der Waals surface area contributed by atoms with E-state index in [0.29, 0.717) is 23.0 Å². The van der Waals surface area contributed by atoms with Crippen molar-refractivity contribution in [2.24, 2.45) is 0 Å². The van der Waals surface area contributed by atoms with E-state index in [1.165, 1.54) is 0 Å². The topological polar surface area (TPSA) is 50.4 Å². The van der Waals surface area contributed by atoms with Crippen molar-refractivity contribution in [2.45, 2.75) is 20.3 Å². The predicted molar refractivity (Wildman–Crippen MR) is 58.3 cm³/mol. The number of aromatic hydroxyl groups is 1. The molecule has 0 aliphatic heterocycles. The first kappa shape index (κ1) is 9.77. The fraction of sp³-hybridized carbons (Fsp3) is 0.250. The van der Waals surface area contributed by atoms with Gasteiger partial charge in [0.05, 0.1) is 5.39 Å². The second-order valence-corrected chi connectivity index (χ2v) is 3.50. The zero-order valence-corrected chi connectivity index (χ0v) is 8.70. The number of fused-ring (bicyclic) bond motifs is 1. The van der Waals surface area contributed by atoms with Crippen LogP contribution in [0.15, 0.2) is 27.4 Å². The molecule has 0 fully saturated rings. The summed E-state index contributed by atoms with van der Waals surface area (Å²) in [6.07, 6.45) is 0.610. The lowest BCUT2D eigenvalue weighted by Crippen LogP contribution is -2.08. The molecule has 15 heavy (non-hydrogen) atoms. The Balaban J connectivity index is 2.99. The van der Waals surface area contributed by atoms with Gasteiger partial charge in [-0.15, -0.1) is 0 Å². The molecule has 0 atom stereocenters. The lowest BCUT2D eigenvalue weighted by atomic mass is 10.0. The van der Waals surface area contributed by atoms with Gasteiger partial charge >= 0.3 is 5.63 Å². The maximum absolute atomic E-state index is 11.5. The lowest BCUT2D eigenvalue weighted by molar-refractivity contribution is 0.478. The Labute approximate surface area is 87.0 Å². The van der Waals surface area contributed by atoms with Crippen molar-refractivity contribution in [1.82, 2.24) is 0 Å². The Kier molecular flexibility index (Phi) is 2.23. The van der Waals surface area contributed by atoms with Gasteiger partial charge in [0.2, 0.25) is 0 Å². The number of aryl methyl sites for hydroxylation is 1. The van der Waals surface area contributed by atoms with E-state index in [1.807, 2.05) is 13.8 Å². The molecule has 0 amide bonds. The van der Waals surface area contributed by atoms with Crippen molar-refractivity contribution in [2.75, 3.05) is 0 Å². The van der Waals surface area contributed by atoms with Gasteiger partial charge in [-0.1, -0.05) is 13.0 Å². The molecule has 0 radical (unpaired) electrons. The summed E-state index contributed by atoms with van der Waals surface area (Å²) in [5.41, 5.74) is 1.56. The van der Waals surface area contributed by atoms with E-state index in [9.17, 15) is 9.90 Å². The smallest absolute Gasteiger partial charge is 0.339 e. The average Bonchev–Trinajstić information content (AvgIpc) is 2.17. The molecule has 0 bridgehead atoms. The molecule has 3 nitrogen and oxygen atoms in total. The molecule has 1 aromatic carbocycles. The molecule has 2 aromatic rings. The summed E-state index contributed by atoms with van der Waals surface area (Å²) >= 11 is 0. The number of hydrogen-bond acceptors (Lipinski definition) is 3.